The van der Waals surface area contributed by atoms with Gasteiger partial charge in [-0.3, -0.25) is 0 Å². The largest absolute Gasteiger partial charge is 0.465 e. The molecule has 0 atom stereocenters. The summed E-state index contributed by atoms with van der Waals surface area (Å²) in [5, 5.41) is 3.61. The first-order valence-electron chi connectivity index (χ1n) is 4.94. The second-order valence-corrected chi connectivity index (χ2v) is 3.66. The third-order valence-electron chi connectivity index (χ3n) is 2.35. The molecule has 0 amide bonds. The average Bonchev–Trinajstić information content (AvgIpc) is 2.87. The molecule has 0 unspecified atom stereocenters. The smallest absolute Gasteiger partial charge is 0.343 e. The molecular formula is C12H10ClNO3. The van der Waals surface area contributed by atoms with Crippen LogP contribution < -0.4 is 0 Å². The fourth-order valence-electron chi connectivity index (χ4n) is 1.45. The minimum atomic E-state index is -0.470. The van der Waals surface area contributed by atoms with E-state index in [1.54, 1.807) is 0 Å². The van der Waals surface area contributed by atoms with Crippen LogP contribution in [0.15, 0.2) is 35.0 Å². The molecule has 88 valence electrons. The third kappa shape index (κ3) is 2.31. The summed E-state index contributed by atoms with van der Waals surface area (Å²) in [7, 11) is 1.32. The molecule has 1 aromatic carbocycles. The monoisotopic (exact) mass is 251 g/mol. The van der Waals surface area contributed by atoms with Gasteiger partial charge in [0.25, 0.3) is 0 Å². The number of rotatable bonds is 3. The van der Waals surface area contributed by atoms with Crippen molar-refractivity contribution in [1.82, 2.24) is 5.16 Å². The first kappa shape index (κ1) is 11.7. The zero-order valence-electron chi connectivity index (χ0n) is 9.14. The van der Waals surface area contributed by atoms with Crippen LogP contribution in [0.4, 0.5) is 0 Å². The van der Waals surface area contributed by atoms with Crippen LogP contribution in [0.3, 0.4) is 0 Å². The van der Waals surface area contributed by atoms with E-state index < -0.39 is 5.97 Å². The number of alkyl halides is 1. The second-order valence-electron chi connectivity index (χ2n) is 3.39. The van der Waals surface area contributed by atoms with Gasteiger partial charge in [-0.25, -0.2) is 4.79 Å². The first-order valence-corrected chi connectivity index (χ1v) is 5.48. The lowest BCUT2D eigenvalue weighted by molar-refractivity contribution is 0.0601. The highest BCUT2D eigenvalue weighted by molar-refractivity contribution is 6.17. The minimum absolute atomic E-state index is 0.311. The fourth-order valence-corrected chi connectivity index (χ4v) is 1.63. The quantitative estimate of drug-likeness (QED) is 0.622. The van der Waals surface area contributed by atoms with Gasteiger partial charge in [-0.15, -0.1) is 11.6 Å². The van der Waals surface area contributed by atoms with Crippen molar-refractivity contribution in [2.75, 3.05) is 7.11 Å². The minimum Gasteiger partial charge on any atom is -0.465 e. The van der Waals surface area contributed by atoms with Crippen molar-refractivity contribution in [2.24, 2.45) is 0 Å². The van der Waals surface area contributed by atoms with E-state index in [9.17, 15) is 4.79 Å². The van der Waals surface area contributed by atoms with Crippen LogP contribution in [-0.2, 0) is 10.6 Å². The molecule has 0 spiro atoms. The number of halogens is 1. The number of aromatic nitrogens is 1. The van der Waals surface area contributed by atoms with Crippen LogP contribution in [0.25, 0.3) is 11.3 Å². The van der Waals surface area contributed by atoms with Crippen LogP contribution >= 0.6 is 11.6 Å². The van der Waals surface area contributed by atoms with Crippen molar-refractivity contribution in [3.8, 4) is 11.3 Å². The van der Waals surface area contributed by atoms with Gasteiger partial charge in [0.1, 0.15) is 5.56 Å². The number of carbonyl (C=O) groups excluding carboxylic acids is 1. The van der Waals surface area contributed by atoms with E-state index in [-0.39, 0.29) is 0 Å². The van der Waals surface area contributed by atoms with Crippen LogP contribution in [-0.4, -0.2) is 18.2 Å². The van der Waals surface area contributed by atoms with Gasteiger partial charge in [0.15, 0.2) is 5.76 Å². The molecule has 0 bridgehead atoms. The Morgan fingerprint density at radius 2 is 2.12 bits per heavy atom. The maximum Gasteiger partial charge on any atom is 0.343 e. The number of methoxy groups -OCH3 is 1. The van der Waals surface area contributed by atoms with Gasteiger partial charge in [-0.1, -0.05) is 29.4 Å². The van der Waals surface area contributed by atoms with Gasteiger partial charge in [-0.05, 0) is 5.56 Å². The molecule has 0 aliphatic rings. The van der Waals surface area contributed by atoms with Gasteiger partial charge in [0, 0.05) is 11.4 Å². The van der Waals surface area contributed by atoms with Crippen LogP contribution in [0.5, 0.6) is 0 Å². The number of hydrogen-bond donors (Lipinski definition) is 0. The number of ether oxygens (including phenoxy) is 1. The lowest BCUT2D eigenvalue weighted by Gasteiger charge is -2.00. The van der Waals surface area contributed by atoms with Gasteiger partial charge in [0.2, 0.25) is 0 Å². The molecule has 0 radical (unpaired) electrons. The van der Waals surface area contributed by atoms with Crippen LogP contribution in [0, 0.1) is 0 Å². The van der Waals surface area contributed by atoms with E-state index in [1.807, 2.05) is 24.3 Å². The molecule has 0 N–H and O–H groups in total. The number of benzene rings is 1. The zero-order valence-corrected chi connectivity index (χ0v) is 9.90. The topological polar surface area (TPSA) is 52.3 Å². The number of esters is 1. The summed E-state index contributed by atoms with van der Waals surface area (Å²) in [6.45, 7) is 0. The summed E-state index contributed by atoms with van der Waals surface area (Å²) in [6, 6.07) is 7.38. The van der Waals surface area contributed by atoms with E-state index in [0.717, 1.165) is 11.1 Å². The molecule has 0 fully saturated rings. The summed E-state index contributed by atoms with van der Waals surface area (Å²) in [5.41, 5.74) is 2.07. The maximum atomic E-state index is 11.4. The number of nitrogens with zero attached hydrogens (tertiary/aromatic N) is 1. The van der Waals surface area contributed by atoms with E-state index in [2.05, 4.69) is 9.89 Å². The number of carbonyl (C=O) groups is 1. The van der Waals surface area contributed by atoms with Crippen LogP contribution in [0.1, 0.15) is 15.9 Å². The predicted molar refractivity (Wildman–Crippen MR) is 62.8 cm³/mol. The molecule has 4 nitrogen and oxygen atoms in total. The number of hydrogen-bond acceptors (Lipinski definition) is 4. The average molecular weight is 252 g/mol. The summed E-state index contributed by atoms with van der Waals surface area (Å²) < 4.78 is 9.70. The molecule has 0 saturated carbocycles. The van der Waals surface area contributed by atoms with Gasteiger partial charge < -0.3 is 9.26 Å². The van der Waals surface area contributed by atoms with Crippen molar-refractivity contribution in [2.45, 2.75) is 5.88 Å². The van der Waals surface area contributed by atoms with Crippen molar-refractivity contribution in [3.05, 3.63) is 41.6 Å². The Morgan fingerprint density at radius 3 is 2.71 bits per heavy atom. The molecule has 2 rings (SSSR count). The standard InChI is InChI=1S/C12H10ClNO3/c1-16-12(15)10-7-14-17-11(10)9-4-2-8(6-13)3-5-9/h2-5,7H,6H2,1H3. The predicted octanol–water partition coefficient (Wildman–Crippen LogP) is 2.87. The van der Waals surface area contributed by atoms with E-state index >= 15 is 0 Å². The normalized spacial score (nSPS) is 10.2. The summed E-state index contributed by atoms with van der Waals surface area (Å²) in [5.74, 6) is 0.376. The highest BCUT2D eigenvalue weighted by Crippen LogP contribution is 2.24. The van der Waals surface area contributed by atoms with E-state index in [1.165, 1.54) is 13.3 Å². The molecular weight excluding hydrogens is 242 g/mol. The van der Waals surface area contributed by atoms with Crippen LogP contribution in [0.2, 0.25) is 0 Å². The van der Waals surface area contributed by atoms with Crippen molar-refractivity contribution < 1.29 is 14.1 Å². The molecule has 0 saturated heterocycles. The second kappa shape index (κ2) is 5.01. The van der Waals surface area contributed by atoms with E-state index in [4.69, 9.17) is 16.1 Å². The van der Waals surface area contributed by atoms with E-state index in [0.29, 0.717) is 17.2 Å². The molecule has 5 heteroatoms. The lowest BCUT2D eigenvalue weighted by atomic mass is 10.1. The SMILES string of the molecule is COC(=O)c1cnoc1-c1ccc(CCl)cc1. The molecule has 17 heavy (non-hydrogen) atoms. The Morgan fingerprint density at radius 1 is 1.41 bits per heavy atom. The van der Waals surface area contributed by atoms with Crippen molar-refractivity contribution in [3.63, 3.8) is 0 Å². The fraction of sp³-hybridized carbons (Fsp3) is 0.167. The summed E-state index contributed by atoms with van der Waals surface area (Å²) in [6.07, 6.45) is 1.34. The Labute approximate surface area is 103 Å². The van der Waals surface area contributed by atoms with Crippen molar-refractivity contribution >= 4 is 17.6 Å². The Bertz CT molecular complexity index is 519. The maximum absolute atomic E-state index is 11.4. The van der Waals surface area contributed by atoms with Crippen molar-refractivity contribution in [1.29, 1.82) is 0 Å². The summed E-state index contributed by atoms with van der Waals surface area (Å²) >= 11 is 5.70. The van der Waals surface area contributed by atoms with Gasteiger partial charge >= 0.3 is 5.97 Å². The molecule has 1 aromatic heterocycles. The van der Waals surface area contributed by atoms with Gasteiger partial charge in [0.05, 0.1) is 13.3 Å². The van der Waals surface area contributed by atoms with Gasteiger partial charge in [-0.2, -0.15) is 0 Å². The highest BCUT2D eigenvalue weighted by atomic mass is 35.5. The third-order valence-corrected chi connectivity index (χ3v) is 2.65. The molecule has 1 heterocycles. The Kier molecular flexibility index (Phi) is 3.44. The first-order chi connectivity index (χ1) is 8.26. The Balaban J connectivity index is 2.39. The molecule has 2 aromatic rings. The molecule has 0 aliphatic heterocycles. The highest BCUT2D eigenvalue weighted by Gasteiger charge is 2.17. The molecule has 0 aliphatic carbocycles. The Hall–Kier alpha value is -1.81. The lowest BCUT2D eigenvalue weighted by Crippen LogP contribution is -2.00. The zero-order chi connectivity index (χ0) is 12.3. The summed E-state index contributed by atoms with van der Waals surface area (Å²) in [4.78, 5) is 11.4.